The van der Waals surface area contributed by atoms with E-state index in [4.69, 9.17) is 14.2 Å². The summed E-state index contributed by atoms with van der Waals surface area (Å²) < 4.78 is 30.9. The number of carbonyl (C=O) groups is 1. The number of unbranched alkanes of at least 4 members (excludes halogenated alkanes) is 9. The first-order valence-electron chi connectivity index (χ1n) is 14.8. The summed E-state index contributed by atoms with van der Waals surface area (Å²) in [6.45, 7) is 9.16. The van der Waals surface area contributed by atoms with Crippen LogP contribution in [0.1, 0.15) is 122 Å². The second-order valence-corrected chi connectivity index (χ2v) is 10.5. The van der Waals surface area contributed by atoms with Crippen LogP contribution in [0.5, 0.6) is 17.2 Å². The Morgan fingerprint density at radius 1 is 0.763 bits per heavy atom. The molecule has 38 heavy (non-hydrogen) atoms. The molecule has 2 aromatic rings. The third-order valence-corrected chi connectivity index (χ3v) is 7.16. The summed E-state index contributed by atoms with van der Waals surface area (Å²) >= 11 is 0. The van der Waals surface area contributed by atoms with Crippen LogP contribution >= 0.6 is 0 Å². The van der Waals surface area contributed by atoms with Gasteiger partial charge < -0.3 is 14.2 Å². The first-order chi connectivity index (χ1) is 18.4. The van der Waals surface area contributed by atoms with Crippen molar-refractivity contribution in [2.24, 2.45) is 5.92 Å². The Hall–Kier alpha value is -2.56. The van der Waals surface area contributed by atoms with Crippen LogP contribution in [0.25, 0.3) is 0 Å². The Kier molecular flexibility index (Phi) is 15.5. The van der Waals surface area contributed by atoms with Gasteiger partial charge in [-0.15, -0.1) is 0 Å². The summed E-state index contributed by atoms with van der Waals surface area (Å²) in [5.41, 5.74) is 0.383. The van der Waals surface area contributed by atoms with Gasteiger partial charge in [0, 0.05) is 6.07 Å². The molecule has 212 valence electrons. The minimum absolute atomic E-state index is 0.0903. The van der Waals surface area contributed by atoms with Gasteiger partial charge in [-0.2, -0.15) is 0 Å². The molecule has 0 aliphatic carbocycles. The van der Waals surface area contributed by atoms with E-state index in [-0.39, 0.29) is 17.6 Å². The van der Waals surface area contributed by atoms with Crippen molar-refractivity contribution >= 4 is 5.97 Å². The molecule has 0 aliphatic rings. The lowest BCUT2D eigenvalue weighted by atomic mass is 9.99. The van der Waals surface area contributed by atoms with Gasteiger partial charge in [0.15, 0.2) is 11.6 Å². The van der Waals surface area contributed by atoms with Crippen molar-refractivity contribution in [3.63, 3.8) is 0 Å². The molecule has 0 fully saturated rings. The SMILES string of the molecule is CCC(C)CCCCCCCCCCCCOc1ccc(C(=O)Oc2ccc(OC(C)CC)c(F)c2)cc1. The average molecular weight is 529 g/mol. The van der Waals surface area contributed by atoms with Gasteiger partial charge in [-0.05, 0) is 62.1 Å². The number of hydrogen-bond donors (Lipinski definition) is 0. The summed E-state index contributed by atoms with van der Waals surface area (Å²) in [4.78, 5) is 12.4. The van der Waals surface area contributed by atoms with E-state index in [1.54, 1.807) is 24.3 Å². The molecule has 0 saturated heterocycles. The number of esters is 1. The molecule has 0 bridgehead atoms. The van der Waals surface area contributed by atoms with Gasteiger partial charge in [-0.3, -0.25) is 0 Å². The second-order valence-electron chi connectivity index (χ2n) is 10.5. The minimum atomic E-state index is -0.553. The molecule has 0 N–H and O–H groups in total. The number of halogens is 1. The molecular weight excluding hydrogens is 479 g/mol. The molecule has 2 aromatic carbocycles. The normalized spacial score (nSPS) is 12.7. The Morgan fingerprint density at radius 3 is 1.92 bits per heavy atom. The minimum Gasteiger partial charge on any atom is -0.494 e. The van der Waals surface area contributed by atoms with E-state index >= 15 is 0 Å². The highest BCUT2D eigenvalue weighted by Crippen LogP contribution is 2.25. The van der Waals surface area contributed by atoms with Gasteiger partial charge in [-0.1, -0.05) is 91.4 Å². The van der Waals surface area contributed by atoms with Crippen LogP contribution in [-0.2, 0) is 0 Å². The summed E-state index contributed by atoms with van der Waals surface area (Å²) in [5.74, 6) is 0.813. The number of hydrogen-bond acceptors (Lipinski definition) is 4. The zero-order valence-corrected chi connectivity index (χ0v) is 24.1. The molecule has 0 spiro atoms. The highest BCUT2D eigenvalue weighted by Gasteiger charge is 2.13. The van der Waals surface area contributed by atoms with Gasteiger partial charge in [0.1, 0.15) is 11.5 Å². The standard InChI is InChI=1S/C33H49FO4/c1-5-26(3)17-15-13-11-9-7-8-10-12-14-16-24-36-29-20-18-28(19-21-29)33(35)38-30-22-23-32(31(34)25-30)37-27(4)6-2/h18-23,25-27H,5-17,24H2,1-4H3. The van der Waals surface area contributed by atoms with Gasteiger partial charge in [-0.25, -0.2) is 9.18 Å². The fraction of sp³-hybridized carbons (Fsp3) is 0.606. The second kappa shape index (κ2) is 18.7. The van der Waals surface area contributed by atoms with Crippen LogP contribution in [0, 0.1) is 11.7 Å². The Labute approximate surface area is 230 Å². The smallest absolute Gasteiger partial charge is 0.343 e. The highest BCUT2D eigenvalue weighted by atomic mass is 19.1. The fourth-order valence-corrected chi connectivity index (χ4v) is 4.20. The van der Waals surface area contributed by atoms with Crippen molar-refractivity contribution < 1.29 is 23.4 Å². The van der Waals surface area contributed by atoms with E-state index in [0.717, 1.165) is 24.5 Å². The predicted molar refractivity (Wildman–Crippen MR) is 154 cm³/mol. The zero-order chi connectivity index (χ0) is 27.6. The maximum atomic E-state index is 14.3. The fourth-order valence-electron chi connectivity index (χ4n) is 4.20. The van der Waals surface area contributed by atoms with Crippen LogP contribution in [0.3, 0.4) is 0 Å². The maximum absolute atomic E-state index is 14.3. The molecule has 0 radical (unpaired) electrons. The first-order valence-corrected chi connectivity index (χ1v) is 14.8. The van der Waals surface area contributed by atoms with Gasteiger partial charge in [0.2, 0.25) is 0 Å². The molecular formula is C33H49FO4. The van der Waals surface area contributed by atoms with E-state index in [1.165, 1.54) is 88.8 Å². The van der Waals surface area contributed by atoms with E-state index in [1.807, 2.05) is 13.8 Å². The van der Waals surface area contributed by atoms with Crippen LogP contribution in [-0.4, -0.2) is 18.7 Å². The van der Waals surface area contributed by atoms with Crippen molar-refractivity contribution in [1.29, 1.82) is 0 Å². The van der Waals surface area contributed by atoms with Gasteiger partial charge >= 0.3 is 5.97 Å². The van der Waals surface area contributed by atoms with E-state index in [2.05, 4.69) is 13.8 Å². The van der Waals surface area contributed by atoms with Crippen LogP contribution in [0.2, 0.25) is 0 Å². The van der Waals surface area contributed by atoms with Gasteiger partial charge in [0.05, 0.1) is 18.3 Å². The lowest BCUT2D eigenvalue weighted by molar-refractivity contribution is 0.0734. The van der Waals surface area contributed by atoms with E-state index in [9.17, 15) is 9.18 Å². The maximum Gasteiger partial charge on any atom is 0.343 e. The topological polar surface area (TPSA) is 44.8 Å². The molecule has 0 aliphatic heterocycles. The van der Waals surface area contributed by atoms with Crippen LogP contribution < -0.4 is 14.2 Å². The molecule has 0 amide bonds. The molecule has 2 unspecified atom stereocenters. The van der Waals surface area contributed by atoms with Crippen molar-refractivity contribution in [1.82, 2.24) is 0 Å². The summed E-state index contributed by atoms with van der Waals surface area (Å²) in [6, 6.07) is 11.1. The van der Waals surface area contributed by atoms with E-state index in [0.29, 0.717) is 12.2 Å². The van der Waals surface area contributed by atoms with Gasteiger partial charge in [0.25, 0.3) is 0 Å². The molecule has 0 heterocycles. The molecule has 5 heteroatoms. The van der Waals surface area contributed by atoms with E-state index < -0.39 is 11.8 Å². The van der Waals surface area contributed by atoms with Crippen molar-refractivity contribution in [3.05, 3.63) is 53.8 Å². The molecule has 4 nitrogen and oxygen atoms in total. The lowest BCUT2D eigenvalue weighted by Crippen LogP contribution is -2.11. The number of rotatable bonds is 20. The van der Waals surface area contributed by atoms with Crippen molar-refractivity contribution in [2.45, 2.75) is 117 Å². The van der Waals surface area contributed by atoms with Crippen molar-refractivity contribution in [2.75, 3.05) is 6.61 Å². The summed E-state index contributed by atoms with van der Waals surface area (Å²) in [7, 11) is 0. The highest BCUT2D eigenvalue weighted by molar-refractivity contribution is 5.91. The monoisotopic (exact) mass is 528 g/mol. The molecule has 0 aromatic heterocycles. The first kappa shape index (κ1) is 31.7. The molecule has 2 atom stereocenters. The zero-order valence-electron chi connectivity index (χ0n) is 24.1. The Bertz CT molecular complexity index is 912. The third-order valence-electron chi connectivity index (χ3n) is 7.16. The Morgan fingerprint density at radius 2 is 1.34 bits per heavy atom. The summed E-state index contributed by atoms with van der Waals surface area (Å²) in [5, 5.41) is 0. The Balaban J connectivity index is 1.56. The van der Waals surface area contributed by atoms with Crippen molar-refractivity contribution in [3.8, 4) is 17.2 Å². The summed E-state index contributed by atoms with van der Waals surface area (Å²) in [6.07, 6.45) is 16.4. The number of carbonyl (C=O) groups excluding carboxylic acids is 1. The molecule has 2 rings (SSSR count). The quantitative estimate of drug-likeness (QED) is 0.0974. The van der Waals surface area contributed by atoms with Crippen LogP contribution in [0.15, 0.2) is 42.5 Å². The predicted octanol–water partition coefficient (Wildman–Crippen LogP) is 9.94. The largest absolute Gasteiger partial charge is 0.494 e. The average Bonchev–Trinajstić information content (AvgIpc) is 2.92. The molecule has 0 saturated carbocycles. The third kappa shape index (κ3) is 12.8. The van der Waals surface area contributed by atoms with Crippen LogP contribution in [0.4, 0.5) is 4.39 Å². The number of ether oxygens (including phenoxy) is 3. The lowest BCUT2D eigenvalue weighted by Gasteiger charge is -2.13. The number of benzene rings is 2.